The number of rotatable bonds is 3. The van der Waals surface area contributed by atoms with Crippen LogP contribution in [-0.4, -0.2) is 37.5 Å². The highest BCUT2D eigenvalue weighted by molar-refractivity contribution is 6.07. The molecule has 2 aromatic rings. The second-order valence-electron chi connectivity index (χ2n) is 3.45. The van der Waals surface area contributed by atoms with Gasteiger partial charge >= 0.3 is 6.03 Å². The van der Waals surface area contributed by atoms with Gasteiger partial charge in [0.25, 0.3) is 17.5 Å². The van der Waals surface area contributed by atoms with Gasteiger partial charge in [0.2, 0.25) is 0 Å². The third-order valence-electron chi connectivity index (χ3n) is 2.12. The lowest BCUT2D eigenvalue weighted by molar-refractivity contribution is -0.384. The molecule has 0 saturated heterocycles. The average molecular weight is 277 g/mol. The van der Waals surface area contributed by atoms with Crippen LogP contribution >= 0.6 is 0 Å². The second kappa shape index (κ2) is 5.51. The van der Waals surface area contributed by atoms with Crippen molar-refractivity contribution in [2.75, 3.05) is 5.32 Å². The molecule has 0 aliphatic carbocycles. The zero-order valence-corrected chi connectivity index (χ0v) is 9.73. The van der Waals surface area contributed by atoms with E-state index >= 15 is 0 Å². The third-order valence-corrected chi connectivity index (χ3v) is 2.12. The van der Waals surface area contributed by atoms with Gasteiger partial charge in [-0.25, -0.2) is 4.79 Å². The maximum absolute atomic E-state index is 11.7. The minimum atomic E-state index is -0.886. The minimum absolute atomic E-state index is 0.0255. The molecular formula is C9H7N7O4. The number of aromatic amines is 1. The number of benzene rings is 1. The van der Waals surface area contributed by atoms with Gasteiger partial charge in [-0.15, -0.1) is 5.10 Å². The first-order chi connectivity index (χ1) is 9.56. The average Bonchev–Trinajstić information content (AvgIpc) is 2.91. The number of nitro benzene ring substituents is 1. The van der Waals surface area contributed by atoms with Crippen LogP contribution in [0, 0.1) is 10.1 Å². The van der Waals surface area contributed by atoms with Crippen molar-refractivity contribution in [2.45, 2.75) is 0 Å². The second-order valence-corrected chi connectivity index (χ2v) is 3.45. The molecule has 11 heteroatoms. The number of anilines is 1. The van der Waals surface area contributed by atoms with Crippen molar-refractivity contribution in [1.29, 1.82) is 0 Å². The number of hydrogen-bond acceptors (Lipinski definition) is 7. The fourth-order valence-corrected chi connectivity index (χ4v) is 1.28. The molecule has 20 heavy (non-hydrogen) atoms. The molecule has 3 amide bonds. The number of non-ortho nitro benzene ring substituents is 1. The summed E-state index contributed by atoms with van der Waals surface area (Å²) in [4.78, 5) is 33.0. The predicted octanol–water partition coefficient (Wildman–Crippen LogP) is 0.0698. The van der Waals surface area contributed by atoms with E-state index in [0.29, 0.717) is 0 Å². The molecule has 1 heterocycles. The van der Waals surface area contributed by atoms with E-state index in [2.05, 4.69) is 25.9 Å². The van der Waals surface area contributed by atoms with E-state index in [0.717, 1.165) is 6.07 Å². The van der Waals surface area contributed by atoms with E-state index in [9.17, 15) is 19.7 Å². The standard InChI is InChI=1S/C9H7N7O4/c17-7(5-2-1-3-6(4-5)16(19)20)10-9(18)11-8-12-14-15-13-8/h1-4H,(H3,10,11,12,13,14,15,17,18). The molecular weight excluding hydrogens is 270 g/mol. The lowest BCUT2D eigenvalue weighted by atomic mass is 10.2. The Morgan fingerprint density at radius 2 is 2.15 bits per heavy atom. The van der Waals surface area contributed by atoms with E-state index in [4.69, 9.17) is 0 Å². The van der Waals surface area contributed by atoms with Crippen LogP contribution in [0.15, 0.2) is 24.3 Å². The molecule has 1 aromatic carbocycles. The summed E-state index contributed by atoms with van der Waals surface area (Å²) in [5.74, 6) is -0.913. The van der Waals surface area contributed by atoms with Gasteiger partial charge in [-0.2, -0.15) is 5.21 Å². The summed E-state index contributed by atoms with van der Waals surface area (Å²) in [5, 5.41) is 26.9. The molecule has 0 fully saturated rings. The molecule has 0 aliphatic rings. The first-order valence-electron chi connectivity index (χ1n) is 5.16. The number of imide groups is 1. The van der Waals surface area contributed by atoms with Gasteiger partial charge in [-0.05, 0) is 11.3 Å². The molecule has 3 N–H and O–H groups in total. The molecule has 0 aliphatic heterocycles. The Bertz CT molecular complexity index is 654. The lowest BCUT2D eigenvalue weighted by Gasteiger charge is -2.03. The summed E-state index contributed by atoms with van der Waals surface area (Å²) in [6, 6.07) is 4.07. The number of nitrogens with zero attached hydrogens (tertiary/aromatic N) is 4. The number of carbonyl (C=O) groups is 2. The van der Waals surface area contributed by atoms with Crippen LogP contribution in [0.3, 0.4) is 0 Å². The van der Waals surface area contributed by atoms with Gasteiger partial charge in [-0.3, -0.25) is 25.5 Å². The Balaban J connectivity index is 2.02. The monoisotopic (exact) mass is 277 g/mol. The Hall–Kier alpha value is -3.37. The molecule has 0 unspecified atom stereocenters. The van der Waals surface area contributed by atoms with Crippen LogP contribution in [0.4, 0.5) is 16.4 Å². The number of nitrogens with one attached hydrogen (secondary N) is 3. The topological polar surface area (TPSA) is 156 Å². The predicted molar refractivity (Wildman–Crippen MR) is 63.8 cm³/mol. The van der Waals surface area contributed by atoms with Crippen LogP contribution in [0.5, 0.6) is 0 Å². The van der Waals surface area contributed by atoms with E-state index < -0.39 is 16.9 Å². The number of aromatic nitrogens is 4. The van der Waals surface area contributed by atoms with E-state index in [1.807, 2.05) is 5.32 Å². The Morgan fingerprint density at radius 3 is 2.80 bits per heavy atom. The molecule has 0 atom stereocenters. The van der Waals surface area contributed by atoms with E-state index in [1.54, 1.807) is 0 Å². The SMILES string of the molecule is O=C(NC(=O)c1cccc([N+](=O)[O-])c1)Nc1nn[nH]n1. The van der Waals surface area contributed by atoms with Crippen molar-refractivity contribution < 1.29 is 14.5 Å². The maximum atomic E-state index is 11.7. The quantitative estimate of drug-likeness (QED) is 0.529. The van der Waals surface area contributed by atoms with Crippen LogP contribution in [0.1, 0.15) is 10.4 Å². The van der Waals surface area contributed by atoms with Gasteiger partial charge in [0, 0.05) is 17.7 Å². The van der Waals surface area contributed by atoms with E-state index in [1.165, 1.54) is 18.2 Å². The summed E-state index contributed by atoms with van der Waals surface area (Å²) < 4.78 is 0. The number of carbonyl (C=O) groups excluding carboxylic acids is 2. The number of urea groups is 1. The number of tetrazole rings is 1. The summed E-state index contributed by atoms with van der Waals surface area (Å²) in [6.45, 7) is 0. The van der Waals surface area contributed by atoms with Gasteiger partial charge in [0.05, 0.1) is 4.92 Å². The van der Waals surface area contributed by atoms with Gasteiger partial charge in [-0.1, -0.05) is 11.2 Å². The highest BCUT2D eigenvalue weighted by Crippen LogP contribution is 2.12. The number of nitro groups is 1. The molecule has 0 radical (unpaired) electrons. The largest absolute Gasteiger partial charge is 0.328 e. The molecule has 102 valence electrons. The number of hydrogen-bond donors (Lipinski definition) is 3. The maximum Gasteiger partial charge on any atom is 0.328 e. The normalized spacial score (nSPS) is 9.80. The van der Waals surface area contributed by atoms with Gasteiger partial charge < -0.3 is 0 Å². The zero-order valence-electron chi connectivity index (χ0n) is 9.73. The minimum Gasteiger partial charge on any atom is -0.274 e. The third kappa shape index (κ3) is 3.10. The first kappa shape index (κ1) is 13.1. The molecule has 1 aromatic heterocycles. The van der Waals surface area contributed by atoms with Crippen molar-refractivity contribution >= 4 is 23.6 Å². The van der Waals surface area contributed by atoms with Gasteiger partial charge in [0.15, 0.2) is 0 Å². The highest BCUT2D eigenvalue weighted by Gasteiger charge is 2.14. The molecule has 0 bridgehead atoms. The van der Waals surface area contributed by atoms with Crippen molar-refractivity contribution in [3.8, 4) is 0 Å². The summed E-state index contributed by atoms with van der Waals surface area (Å²) >= 11 is 0. The van der Waals surface area contributed by atoms with Crippen molar-refractivity contribution in [3.63, 3.8) is 0 Å². The Labute approximate surface area is 110 Å². The van der Waals surface area contributed by atoms with Crippen molar-refractivity contribution in [2.24, 2.45) is 0 Å². The fraction of sp³-hybridized carbons (Fsp3) is 0. The van der Waals surface area contributed by atoms with Crippen LogP contribution in [0.25, 0.3) is 0 Å². The molecule has 0 saturated carbocycles. The van der Waals surface area contributed by atoms with Gasteiger partial charge in [0.1, 0.15) is 0 Å². The highest BCUT2D eigenvalue weighted by atomic mass is 16.6. The Kier molecular flexibility index (Phi) is 3.60. The summed E-state index contributed by atoms with van der Waals surface area (Å²) in [7, 11) is 0. The first-order valence-corrected chi connectivity index (χ1v) is 5.16. The van der Waals surface area contributed by atoms with Crippen molar-refractivity contribution in [3.05, 3.63) is 39.9 Å². The lowest BCUT2D eigenvalue weighted by Crippen LogP contribution is -2.34. The van der Waals surface area contributed by atoms with E-state index in [-0.39, 0.29) is 17.2 Å². The molecule has 0 spiro atoms. The smallest absolute Gasteiger partial charge is 0.274 e. The fourth-order valence-electron chi connectivity index (χ4n) is 1.28. The van der Waals surface area contributed by atoms with Crippen LogP contribution in [-0.2, 0) is 0 Å². The summed E-state index contributed by atoms with van der Waals surface area (Å²) in [6.07, 6.45) is 0. The molecule has 2 rings (SSSR count). The van der Waals surface area contributed by atoms with Crippen molar-refractivity contribution in [1.82, 2.24) is 25.9 Å². The number of H-pyrrole nitrogens is 1. The molecule has 11 nitrogen and oxygen atoms in total. The number of amides is 3. The summed E-state index contributed by atoms with van der Waals surface area (Å²) in [5.41, 5.74) is -0.279. The Morgan fingerprint density at radius 1 is 1.35 bits per heavy atom. The zero-order chi connectivity index (χ0) is 14.5. The van der Waals surface area contributed by atoms with Crippen LogP contribution in [0.2, 0.25) is 0 Å². The van der Waals surface area contributed by atoms with Crippen LogP contribution < -0.4 is 10.6 Å².